The van der Waals surface area contributed by atoms with Gasteiger partial charge in [-0.1, -0.05) is 22.0 Å². The van der Waals surface area contributed by atoms with Crippen molar-refractivity contribution in [1.82, 2.24) is 0 Å². The van der Waals surface area contributed by atoms with Gasteiger partial charge in [-0.25, -0.2) is 0 Å². The molecule has 0 saturated heterocycles. The zero-order chi connectivity index (χ0) is 10.6. The number of nitrogens with zero attached hydrogens (tertiary/aromatic N) is 1. The van der Waals surface area contributed by atoms with Crippen molar-refractivity contribution >= 4 is 15.9 Å². The van der Waals surface area contributed by atoms with Gasteiger partial charge < -0.3 is 0 Å². The van der Waals surface area contributed by atoms with Gasteiger partial charge in [0, 0.05) is 10.9 Å². The molecular weight excluding hydrogens is 238 g/mol. The number of rotatable bonds is 3. The lowest BCUT2D eigenvalue weighted by molar-refractivity contribution is 0.845. The van der Waals surface area contributed by atoms with Crippen LogP contribution in [0.15, 0.2) is 16.6 Å². The van der Waals surface area contributed by atoms with Crippen LogP contribution in [0.25, 0.3) is 0 Å². The summed E-state index contributed by atoms with van der Waals surface area (Å²) in [4.78, 5) is 0. The number of nitriles is 1. The average Bonchev–Trinajstić information content (AvgIpc) is 2.14. The zero-order valence-electron chi connectivity index (χ0n) is 8.60. The first-order valence-corrected chi connectivity index (χ1v) is 5.57. The Bertz CT molecular complexity index is 363. The second-order valence-corrected chi connectivity index (χ2v) is 4.39. The highest BCUT2D eigenvalue weighted by Gasteiger charge is 2.02. The van der Waals surface area contributed by atoms with Gasteiger partial charge in [-0.05, 0) is 49.4 Å². The van der Waals surface area contributed by atoms with Crippen molar-refractivity contribution in [3.8, 4) is 6.07 Å². The quantitative estimate of drug-likeness (QED) is 0.748. The molecule has 0 aliphatic heterocycles. The fourth-order valence-corrected chi connectivity index (χ4v) is 2.05. The summed E-state index contributed by atoms with van der Waals surface area (Å²) in [5, 5.41) is 8.45. The Kier molecular flexibility index (Phi) is 4.16. The monoisotopic (exact) mass is 251 g/mol. The van der Waals surface area contributed by atoms with E-state index in [4.69, 9.17) is 5.26 Å². The standard InChI is InChI=1S/C12H14BrN/c1-9-7-11(5-3-4-6-14)12(13)8-10(9)2/h7-8H,3-5H2,1-2H3. The predicted molar refractivity (Wildman–Crippen MR) is 62.2 cm³/mol. The van der Waals surface area contributed by atoms with E-state index >= 15 is 0 Å². The maximum atomic E-state index is 8.45. The maximum absolute atomic E-state index is 8.45. The van der Waals surface area contributed by atoms with Crippen LogP contribution in [-0.2, 0) is 6.42 Å². The predicted octanol–water partition coefficient (Wildman–Crippen LogP) is 3.91. The first kappa shape index (κ1) is 11.3. The summed E-state index contributed by atoms with van der Waals surface area (Å²) in [6, 6.07) is 6.52. The first-order valence-electron chi connectivity index (χ1n) is 4.77. The molecule has 0 saturated carbocycles. The van der Waals surface area contributed by atoms with Crippen LogP contribution in [0.2, 0.25) is 0 Å². The molecule has 0 N–H and O–H groups in total. The average molecular weight is 252 g/mol. The van der Waals surface area contributed by atoms with Crippen LogP contribution in [0.5, 0.6) is 0 Å². The molecule has 1 aromatic carbocycles. The van der Waals surface area contributed by atoms with Crippen molar-refractivity contribution < 1.29 is 0 Å². The molecule has 0 heterocycles. The number of benzene rings is 1. The lowest BCUT2D eigenvalue weighted by Crippen LogP contribution is -1.90. The minimum absolute atomic E-state index is 0.638. The first-order chi connectivity index (χ1) is 6.65. The Morgan fingerprint density at radius 2 is 1.93 bits per heavy atom. The van der Waals surface area contributed by atoms with Crippen molar-refractivity contribution in [1.29, 1.82) is 5.26 Å². The molecule has 0 unspecified atom stereocenters. The van der Waals surface area contributed by atoms with Crippen LogP contribution in [0.3, 0.4) is 0 Å². The van der Waals surface area contributed by atoms with Gasteiger partial charge in [0.2, 0.25) is 0 Å². The summed E-state index contributed by atoms with van der Waals surface area (Å²) in [5.74, 6) is 0. The number of hydrogen-bond donors (Lipinski definition) is 0. The van der Waals surface area contributed by atoms with Crippen LogP contribution < -0.4 is 0 Å². The Morgan fingerprint density at radius 3 is 2.57 bits per heavy atom. The Hall–Kier alpha value is -0.810. The molecule has 1 rings (SSSR count). The fourth-order valence-electron chi connectivity index (χ4n) is 1.39. The summed E-state index contributed by atoms with van der Waals surface area (Å²) in [6.45, 7) is 4.23. The normalized spacial score (nSPS) is 9.86. The summed E-state index contributed by atoms with van der Waals surface area (Å²) >= 11 is 3.55. The van der Waals surface area contributed by atoms with E-state index in [2.05, 4.69) is 48.0 Å². The number of hydrogen-bond acceptors (Lipinski definition) is 1. The third-order valence-electron chi connectivity index (χ3n) is 2.40. The summed E-state index contributed by atoms with van der Waals surface area (Å²) in [5.41, 5.74) is 3.93. The fraction of sp³-hybridized carbons (Fsp3) is 0.417. The Morgan fingerprint density at radius 1 is 1.29 bits per heavy atom. The van der Waals surface area contributed by atoms with Crippen molar-refractivity contribution in [2.45, 2.75) is 33.1 Å². The largest absolute Gasteiger partial charge is 0.198 e. The highest BCUT2D eigenvalue weighted by Crippen LogP contribution is 2.22. The molecule has 0 aliphatic carbocycles. The molecular formula is C12H14BrN. The number of unbranched alkanes of at least 4 members (excludes halogenated alkanes) is 1. The van der Waals surface area contributed by atoms with Gasteiger partial charge >= 0.3 is 0 Å². The molecule has 0 spiro atoms. The zero-order valence-corrected chi connectivity index (χ0v) is 10.2. The highest BCUT2D eigenvalue weighted by atomic mass is 79.9. The molecule has 0 fully saturated rings. The maximum Gasteiger partial charge on any atom is 0.0621 e. The molecule has 0 atom stereocenters. The van der Waals surface area contributed by atoms with E-state index in [1.807, 2.05) is 0 Å². The van der Waals surface area contributed by atoms with Crippen LogP contribution in [0.1, 0.15) is 29.5 Å². The number of aryl methyl sites for hydroxylation is 3. The van der Waals surface area contributed by atoms with E-state index < -0.39 is 0 Å². The second kappa shape index (κ2) is 5.17. The van der Waals surface area contributed by atoms with E-state index in [9.17, 15) is 0 Å². The number of halogens is 1. The van der Waals surface area contributed by atoms with Crippen molar-refractivity contribution in [2.75, 3.05) is 0 Å². The van der Waals surface area contributed by atoms with Gasteiger partial charge in [-0.3, -0.25) is 0 Å². The lowest BCUT2D eigenvalue weighted by Gasteiger charge is -2.07. The lowest BCUT2D eigenvalue weighted by atomic mass is 10.0. The van der Waals surface area contributed by atoms with Crippen LogP contribution >= 0.6 is 15.9 Å². The minimum atomic E-state index is 0.638. The van der Waals surface area contributed by atoms with Gasteiger partial charge in [-0.2, -0.15) is 5.26 Å². The van der Waals surface area contributed by atoms with Gasteiger partial charge in [0.15, 0.2) is 0 Å². The molecule has 0 radical (unpaired) electrons. The molecule has 1 aromatic rings. The van der Waals surface area contributed by atoms with Gasteiger partial charge in [-0.15, -0.1) is 0 Å². The molecule has 2 heteroatoms. The van der Waals surface area contributed by atoms with Gasteiger partial charge in [0.05, 0.1) is 6.07 Å². The van der Waals surface area contributed by atoms with Crippen LogP contribution in [0, 0.1) is 25.2 Å². The smallest absolute Gasteiger partial charge is 0.0621 e. The van der Waals surface area contributed by atoms with Crippen molar-refractivity contribution in [3.63, 3.8) is 0 Å². The molecule has 0 aliphatic rings. The third-order valence-corrected chi connectivity index (χ3v) is 3.14. The van der Waals surface area contributed by atoms with Crippen molar-refractivity contribution in [2.24, 2.45) is 0 Å². The van der Waals surface area contributed by atoms with Gasteiger partial charge in [0.25, 0.3) is 0 Å². The molecule has 0 bridgehead atoms. The molecule has 0 amide bonds. The van der Waals surface area contributed by atoms with E-state index in [1.54, 1.807) is 0 Å². The Labute approximate surface area is 93.9 Å². The van der Waals surface area contributed by atoms with E-state index in [1.165, 1.54) is 21.2 Å². The summed E-state index contributed by atoms with van der Waals surface area (Å²) in [6.07, 6.45) is 2.56. The SMILES string of the molecule is Cc1cc(Br)c(CCCC#N)cc1C. The second-order valence-electron chi connectivity index (χ2n) is 3.54. The van der Waals surface area contributed by atoms with E-state index in [0.29, 0.717) is 6.42 Å². The van der Waals surface area contributed by atoms with E-state index in [-0.39, 0.29) is 0 Å². The molecule has 74 valence electrons. The molecule has 14 heavy (non-hydrogen) atoms. The topological polar surface area (TPSA) is 23.8 Å². The van der Waals surface area contributed by atoms with E-state index in [0.717, 1.165) is 12.8 Å². The van der Waals surface area contributed by atoms with Crippen LogP contribution in [0.4, 0.5) is 0 Å². The minimum Gasteiger partial charge on any atom is -0.198 e. The van der Waals surface area contributed by atoms with Crippen LogP contribution in [-0.4, -0.2) is 0 Å². The molecule has 0 aromatic heterocycles. The van der Waals surface area contributed by atoms with Crippen molar-refractivity contribution in [3.05, 3.63) is 33.3 Å². The molecule has 1 nitrogen and oxygen atoms in total. The highest BCUT2D eigenvalue weighted by molar-refractivity contribution is 9.10. The third kappa shape index (κ3) is 2.85. The summed E-state index contributed by atoms with van der Waals surface area (Å²) in [7, 11) is 0. The Balaban J connectivity index is 2.78. The summed E-state index contributed by atoms with van der Waals surface area (Å²) < 4.78 is 1.17. The van der Waals surface area contributed by atoms with Gasteiger partial charge in [0.1, 0.15) is 0 Å².